The number of aliphatic hydroxyl groups excluding tert-OH is 8. The molecule has 0 aromatic rings. The fourth-order valence-electron chi connectivity index (χ4n) is 3.08. The Morgan fingerprint density at radius 3 is 2.14 bits per heavy atom. The number of aliphatic hydroxyl groups is 8. The van der Waals surface area contributed by atoms with Crippen molar-refractivity contribution < 1.29 is 64.7 Å². The zero-order valence-electron chi connectivity index (χ0n) is 14.8. The van der Waals surface area contributed by atoms with E-state index in [0.717, 1.165) is 0 Å². The molecule has 0 aromatic heterocycles. The van der Waals surface area contributed by atoms with Crippen molar-refractivity contribution in [1.82, 2.24) is 5.32 Å². The van der Waals surface area contributed by atoms with Crippen LogP contribution < -0.4 is 11.1 Å². The van der Waals surface area contributed by atoms with Gasteiger partial charge in [0.1, 0.15) is 42.7 Å². The van der Waals surface area contributed by atoms with Gasteiger partial charge in [-0.3, -0.25) is 10.1 Å². The molecule has 2 fully saturated rings. The highest BCUT2D eigenvalue weighted by Crippen LogP contribution is 2.33. The summed E-state index contributed by atoms with van der Waals surface area (Å²) in [6.07, 6.45) is -17.2. The van der Waals surface area contributed by atoms with E-state index in [9.17, 15) is 50.4 Å². The number of nitrogens with two attached hydrogens (primary N) is 1. The number of ether oxygens (including phenoxy) is 3. The lowest BCUT2D eigenvalue weighted by Crippen LogP contribution is -2.72. The minimum Gasteiger partial charge on any atom is -0.394 e. The summed E-state index contributed by atoms with van der Waals surface area (Å²) >= 11 is 0. The van der Waals surface area contributed by atoms with Crippen LogP contribution >= 0.6 is 0 Å². The fraction of sp³-hybridized carbons (Fsp3) is 0.857. The molecule has 2 saturated heterocycles. The minimum absolute atomic E-state index is 0.827. The predicted molar refractivity (Wildman–Crippen MR) is 85.3 cm³/mol. The monoisotopic (exact) mass is 428 g/mol. The Kier molecular flexibility index (Phi) is 7.47. The van der Waals surface area contributed by atoms with E-state index >= 15 is 0 Å². The Hall–Kier alpha value is -1.50. The van der Waals surface area contributed by atoms with Crippen LogP contribution in [0.1, 0.15) is 0 Å². The van der Waals surface area contributed by atoms with Gasteiger partial charge < -0.3 is 60.8 Å². The Morgan fingerprint density at radius 1 is 1.00 bits per heavy atom. The number of hydrogen-bond donors (Lipinski definition) is 10. The van der Waals surface area contributed by atoms with Gasteiger partial charge in [0.25, 0.3) is 5.91 Å². The largest absolute Gasteiger partial charge is 0.394 e. The van der Waals surface area contributed by atoms with Crippen molar-refractivity contribution in [2.45, 2.75) is 60.9 Å². The minimum atomic E-state index is -2.72. The van der Waals surface area contributed by atoms with Gasteiger partial charge >= 0.3 is 6.03 Å². The molecule has 0 aliphatic carbocycles. The highest BCUT2D eigenvalue weighted by molar-refractivity contribution is 5.98. The first-order chi connectivity index (χ1) is 13.5. The molecule has 11 N–H and O–H groups in total. The molecule has 0 saturated carbocycles. The highest BCUT2D eigenvalue weighted by Gasteiger charge is 2.59. The summed E-state index contributed by atoms with van der Waals surface area (Å²) in [5.74, 6) is -1.46. The van der Waals surface area contributed by atoms with Gasteiger partial charge in [-0.25, -0.2) is 4.79 Å². The molecule has 2 heterocycles. The first kappa shape index (κ1) is 23.8. The maximum atomic E-state index is 12.2. The van der Waals surface area contributed by atoms with Crippen LogP contribution in [0.15, 0.2) is 0 Å². The summed E-state index contributed by atoms with van der Waals surface area (Å²) < 4.78 is 15.3. The molecule has 29 heavy (non-hydrogen) atoms. The van der Waals surface area contributed by atoms with E-state index in [0.29, 0.717) is 0 Å². The first-order valence-electron chi connectivity index (χ1n) is 8.40. The van der Waals surface area contributed by atoms with Crippen molar-refractivity contribution >= 4 is 11.9 Å². The van der Waals surface area contributed by atoms with Gasteiger partial charge in [0, 0.05) is 0 Å². The van der Waals surface area contributed by atoms with E-state index in [1.54, 1.807) is 5.32 Å². The van der Waals surface area contributed by atoms with E-state index in [4.69, 9.17) is 19.9 Å². The third kappa shape index (κ3) is 4.35. The van der Waals surface area contributed by atoms with Gasteiger partial charge in [0.05, 0.1) is 13.2 Å². The van der Waals surface area contributed by atoms with Gasteiger partial charge in [-0.1, -0.05) is 0 Å². The molecule has 3 amide bonds. The molecule has 0 unspecified atom stereocenters. The lowest BCUT2D eigenvalue weighted by molar-refractivity contribution is -0.368. The molecule has 0 radical (unpaired) electrons. The Balaban J connectivity index is 2.31. The van der Waals surface area contributed by atoms with Crippen molar-refractivity contribution in [1.29, 1.82) is 0 Å². The molecule has 15 nitrogen and oxygen atoms in total. The lowest BCUT2D eigenvalue weighted by atomic mass is 9.86. The number of primary amides is 1. The quantitative estimate of drug-likeness (QED) is 0.195. The SMILES string of the molecule is NC(=O)NC(=O)[C@]1(CO)O[C@@H](O[C@H]2[C@H](O)[C@@H](O)[C@H](O)O[C@@H]2CO)[C@H](O)[C@@H](O)[C@@H]1O. The fourth-order valence-corrected chi connectivity index (χ4v) is 3.08. The summed E-state index contributed by atoms with van der Waals surface area (Å²) in [5, 5.41) is 80.2. The molecule has 10 atom stereocenters. The standard InChI is InChI=1S/C14H24N2O13/c15-13(26)16-12(25)14(2-18)9(23)5(20)7(22)11(29-14)28-8-3(1-17)27-10(24)6(21)4(8)19/h3-11,17-24H,1-2H2,(H3,15,16,25,26)/t3-,4-,5-,6-,7-,8-,9+,10-,11-,14-/m1/s1. The molecule has 0 aromatic carbocycles. The Labute approximate surface area is 162 Å². The second-order valence-electron chi connectivity index (χ2n) is 6.61. The zero-order valence-corrected chi connectivity index (χ0v) is 14.8. The third-order valence-corrected chi connectivity index (χ3v) is 4.74. The van der Waals surface area contributed by atoms with Crippen molar-refractivity contribution in [3.63, 3.8) is 0 Å². The van der Waals surface area contributed by atoms with Crippen LogP contribution in [-0.2, 0) is 19.0 Å². The smallest absolute Gasteiger partial charge is 0.318 e. The Bertz CT molecular complexity index is 606. The number of carbonyl (C=O) groups excluding carboxylic acids is 2. The van der Waals surface area contributed by atoms with Crippen LogP contribution in [-0.4, -0.2) is 127 Å². The summed E-state index contributed by atoms with van der Waals surface area (Å²) in [6.45, 7) is -2.13. The average molecular weight is 428 g/mol. The number of hydrogen-bond acceptors (Lipinski definition) is 13. The van der Waals surface area contributed by atoms with Crippen molar-refractivity contribution in [2.75, 3.05) is 13.2 Å². The number of nitrogens with one attached hydrogen (secondary N) is 1. The molecule has 2 aliphatic rings. The van der Waals surface area contributed by atoms with Crippen molar-refractivity contribution in [2.24, 2.45) is 5.73 Å². The van der Waals surface area contributed by atoms with Crippen LogP contribution in [0.2, 0.25) is 0 Å². The summed E-state index contributed by atoms with van der Waals surface area (Å²) in [4.78, 5) is 23.2. The first-order valence-corrected chi connectivity index (χ1v) is 8.40. The van der Waals surface area contributed by atoms with Crippen LogP contribution in [0.25, 0.3) is 0 Å². The predicted octanol–water partition coefficient (Wildman–Crippen LogP) is -6.83. The van der Waals surface area contributed by atoms with E-state index in [-0.39, 0.29) is 0 Å². The lowest BCUT2D eigenvalue weighted by Gasteiger charge is -2.48. The van der Waals surface area contributed by atoms with Crippen molar-refractivity contribution in [3.8, 4) is 0 Å². The maximum absolute atomic E-state index is 12.2. The molecule has 15 heteroatoms. The van der Waals surface area contributed by atoms with E-state index in [1.165, 1.54) is 0 Å². The number of imide groups is 1. The van der Waals surface area contributed by atoms with Crippen LogP contribution in [0.3, 0.4) is 0 Å². The zero-order chi connectivity index (χ0) is 22.1. The topological polar surface area (TPSA) is 262 Å². The molecular weight excluding hydrogens is 404 g/mol. The number of carbonyl (C=O) groups is 2. The van der Waals surface area contributed by atoms with Crippen LogP contribution in [0.4, 0.5) is 4.79 Å². The summed E-state index contributed by atoms with van der Waals surface area (Å²) in [5.41, 5.74) is 2.11. The molecule has 2 aliphatic heterocycles. The third-order valence-electron chi connectivity index (χ3n) is 4.74. The van der Waals surface area contributed by atoms with E-state index in [2.05, 4.69) is 0 Å². The van der Waals surface area contributed by atoms with Gasteiger partial charge in [-0.2, -0.15) is 0 Å². The number of rotatable bonds is 5. The number of amides is 3. The molecular formula is C14H24N2O13. The van der Waals surface area contributed by atoms with Crippen molar-refractivity contribution in [3.05, 3.63) is 0 Å². The van der Waals surface area contributed by atoms with Crippen LogP contribution in [0.5, 0.6) is 0 Å². The molecule has 168 valence electrons. The van der Waals surface area contributed by atoms with E-state index in [1.807, 2.05) is 0 Å². The maximum Gasteiger partial charge on any atom is 0.318 e. The number of urea groups is 1. The van der Waals surface area contributed by atoms with Gasteiger partial charge in [0.2, 0.25) is 5.60 Å². The molecule has 2 rings (SSSR count). The normalized spacial score (nSPS) is 45.6. The van der Waals surface area contributed by atoms with Gasteiger partial charge in [0.15, 0.2) is 12.6 Å². The summed E-state index contributed by atoms with van der Waals surface area (Å²) in [6, 6.07) is -1.37. The van der Waals surface area contributed by atoms with Gasteiger partial charge in [-0.15, -0.1) is 0 Å². The van der Waals surface area contributed by atoms with E-state index < -0.39 is 86.1 Å². The second-order valence-corrected chi connectivity index (χ2v) is 6.61. The van der Waals surface area contributed by atoms with Gasteiger partial charge in [-0.05, 0) is 0 Å². The Morgan fingerprint density at radius 2 is 1.62 bits per heavy atom. The molecule has 0 spiro atoms. The van der Waals surface area contributed by atoms with Crippen LogP contribution in [0, 0.1) is 0 Å². The molecule has 0 bridgehead atoms. The second kappa shape index (κ2) is 9.11. The average Bonchev–Trinajstić information content (AvgIpc) is 2.67. The highest BCUT2D eigenvalue weighted by atomic mass is 16.7. The summed E-state index contributed by atoms with van der Waals surface area (Å²) in [7, 11) is 0.